The number of benzene rings is 1. The Morgan fingerprint density at radius 2 is 2.21 bits per heavy atom. The average Bonchev–Trinajstić information content (AvgIpc) is 3.10. The van der Waals surface area contributed by atoms with Gasteiger partial charge in [-0.1, -0.05) is 19.8 Å². The van der Waals surface area contributed by atoms with E-state index in [-0.39, 0.29) is 5.82 Å². The van der Waals surface area contributed by atoms with Gasteiger partial charge in [0.15, 0.2) is 5.13 Å². The molecule has 0 bridgehead atoms. The molecule has 2 atom stereocenters. The van der Waals surface area contributed by atoms with Crippen LogP contribution in [0.25, 0.3) is 22.2 Å². The number of hydrogen-bond acceptors (Lipinski definition) is 3. The monoisotopic (exact) mass is 343 g/mol. The first-order chi connectivity index (χ1) is 11.6. The molecule has 126 valence electrons. The van der Waals surface area contributed by atoms with Gasteiger partial charge in [0.05, 0.1) is 5.69 Å². The Morgan fingerprint density at radius 1 is 1.33 bits per heavy atom. The lowest BCUT2D eigenvalue weighted by Gasteiger charge is -2.27. The molecule has 3 aromatic rings. The van der Waals surface area contributed by atoms with Crippen molar-refractivity contribution in [3.63, 3.8) is 0 Å². The van der Waals surface area contributed by atoms with E-state index >= 15 is 0 Å². The van der Waals surface area contributed by atoms with Gasteiger partial charge in [0.25, 0.3) is 0 Å². The molecular formula is C19H22FN3S. The van der Waals surface area contributed by atoms with Crippen molar-refractivity contribution in [3.05, 3.63) is 35.1 Å². The van der Waals surface area contributed by atoms with Gasteiger partial charge in [-0.05, 0) is 43.9 Å². The van der Waals surface area contributed by atoms with Crippen LogP contribution in [0.15, 0.2) is 23.6 Å². The van der Waals surface area contributed by atoms with E-state index in [4.69, 9.17) is 4.98 Å². The molecule has 1 fully saturated rings. The Morgan fingerprint density at radius 3 is 3.04 bits per heavy atom. The minimum absolute atomic E-state index is 0.215. The van der Waals surface area contributed by atoms with Crippen LogP contribution in [0.2, 0.25) is 0 Å². The maximum absolute atomic E-state index is 13.6. The topological polar surface area (TPSA) is 40.7 Å². The Labute approximate surface area is 145 Å². The van der Waals surface area contributed by atoms with E-state index < -0.39 is 0 Å². The van der Waals surface area contributed by atoms with Crippen LogP contribution >= 0.6 is 11.3 Å². The van der Waals surface area contributed by atoms with Crippen LogP contribution < -0.4 is 5.32 Å². The summed E-state index contributed by atoms with van der Waals surface area (Å²) >= 11 is 1.63. The van der Waals surface area contributed by atoms with Crippen molar-refractivity contribution in [3.8, 4) is 11.3 Å². The first-order valence-corrected chi connectivity index (χ1v) is 9.48. The minimum Gasteiger partial charge on any atom is -0.359 e. The van der Waals surface area contributed by atoms with Crippen LogP contribution in [0.4, 0.5) is 9.52 Å². The van der Waals surface area contributed by atoms with Gasteiger partial charge in [0.1, 0.15) is 5.82 Å². The standard InChI is InChI=1S/C19H22FN3S/c1-11-4-3-5-14(8-11)22-19-23-17(10-24-19)18-12(2)21-16-7-6-13(20)9-15(16)18/h6-7,9-11,14,21H,3-5,8H2,1-2H3,(H,22,23). The summed E-state index contributed by atoms with van der Waals surface area (Å²) in [6.45, 7) is 4.34. The second-order valence-electron chi connectivity index (χ2n) is 6.97. The lowest BCUT2D eigenvalue weighted by Crippen LogP contribution is -2.26. The fourth-order valence-corrected chi connectivity index (χ4v) is 4.60. The third-order valence-electron chi connectivity index (χ3n) is 4.97. The van der Waals surface area contributed by atoms with Gasteiger partial charge in [0.2, 0.25) is 0 Å². The second-order valence-corrected chi connectivity index (χ2v) is 7.82. The molecule has 1 aliphatic carbocycles. The third kappa shape index (κ3) is 2.93. The number of aromatic nitrogens is 2. The normalized spacial score (nSPS) is 21.3. The summed E-state index contributed by atoms with van der Waals surface area (Å²) in [5, 5.41) is 7.53. The van der Waals surface area contributed by atoms with Crippen molar-refractivity contribution < 1.29 is 4.39 Å². The summed E-state index contributed by atoms with van der Waals surface area (Å²) in [6.07, 6.45) is 5.06. The van der Waals surface area contributed by atoms with Gasteiger partial charge < -0.3 is 10.3 Å². The van der Waals surface area contributed by atoms with Crippen molar-refractivity contribution in [2.45, 2.75) is 45.6 Å². The van der Waals surface area contributed by atoms with Crippen LogP contribution in [-0.4, -0.2) is 16.0 Å². The first kappa shape index (κ1) is 15.6. The van der Waals surface area contributed by atoms with Gasteiger partial charge in [-0.15, -0.1) is 11.3 Å². The molecule has 24 heavy (non-hydrogen) atoms. The van der Waals surface area contributed by atoms with Gasteiger partial charge in [0, 0.05) is 33.6 Å². The smallest absolute Gasteiger partial charge is 0.183 e. The number of halogens is 1. The summed E-state index contributed by atoms with van der Waals surface area (Å²) in [6, 6.07) is 5.38. The van der Waals surface area contributed by atoms with Crippen LogP contribution in [0.1, 0.15) is 38.3 Å². The molecule has 0 aliphatic heterocycles. The summed E-state index contributed by atoms with van der Waals surface area (Å²) in [5.41, 5.74) is 3.90. The predicted molar refractivity (Wildman–Crippen MR) is 99.1 cm³/mol. The molecule has 4 rings (SSSR count). The Hall–Kier alpha value is -1.88. The maximum Gasteiger partial charge on any atom is 0.183 e. The zero-order valence-electron chi connectivity index (χ0n) is 14.0. The quantitative estimate of drug-likeness (QED) is 0.637. The summed E-state index contributed by atoms with van der Waals surface area (Å²) < 4.78 is 13.6. The molecule has 1 aromatic carbocycles. The highest BCUT2D eigenvalue weighted by Crippen LogP contribution is 2.35. The van der Waals surface area contributed by atoms with E-state index in [2.05, 4.69) is 22.6 Å². The predicted octanol–water partition coefficient (Wildman–Crippen LogP) is 5.73. The number of nitrogens with zero attached hydrogens (tertiary/aromatic N) is 1. The molecule has 3 nitrogen and oxygen atoms in total. The number of rotatable bonds is 3. The first-order valence-electron chi connectivity index (χ1n) is 8.60. The Kier molecular flexibility index (Phi) is 4.04. The van der Waals surface area contributed by atoms with Gasteiger partial charge in [-0.25, -0.2) is 9.37 Å². The molecule has 0 amide bonds. The highest BCUT2D eigenvalue weighted by Gasteiger charge is 2.20. The molecule has 2 heterocycles. The van der Waals surface area contributed by atoms with Crippen molar-refractivity contribution in [2.75, 3.05) is 5.32 Å². The van der Waals surface area contributed by atoms with E-state index in [9.17, 15) is 4.39 Å². The lowest BCUT2D eigenvalue weighted by molar-refractivity contribution is 0.358. The Balaban J connectivity index is 1.63. The van der Waals surface area contributed by atoms with Crippen molar-refractivity contribution in [2.24, 2.45) is 5.92 Å². The molecule has 2 N–H and O–H groups in total. The molecule has 2 unspecified atom stereocenters. The van der Waals surface area contributed by atoms with Crippen LogP contribution in [0.3, 0.4) is 0 Å². The number of H-pyrrole nitrogens is 1. The SMILES string of the molecule is Cc1[nH]c2ccc(F)cc2c1-c1csc(NC2CCCC(C)C2)n1. The van der Waals surface area contributed by atoms with Crippen LogP contribution in [-0.2, 0) is 0 Å². The van der Waals surface area contributed by atoms with E-state index in [1.54, 1.807) is 23.5 Å². The molecule has 0 radical (unpaired) electrons. The number of aryl methyl sites for hydroxylation is 1. The largest absolute Gasteiger partial charge is 0.359 e. The fraction of sp³-hybridized carbons (Fsp3) is 0.421. The molecular weight excluding hydrogens is 321 g/mol. The summed E-state index contributed by atoms with van der Waals surface area (Å²) in [4.78, 5) is 8.10. The number of aromatic amines is 1. The molecule has 5 heteroatoms. The van der Waals surface area contributed by atoms with E-state index in [0.29, 0.717) is 6.04 Å². The zero-order chi connectivity index (χ0) is 16.7. The van der Waals surface area contributed by atoms with E-state index in [0.717, 1.165) is 38.9 Å². The summed E-state index contributed by atoms with van der Waals surface area (Å²) in [7, 11) is 0. The van der Waals surface area contributed by atoms with Crippen LogP contribution in [0, 0.1) is 18.7 Å². The fourth-order valence-electron chi connectivity index (χ4n) is 3.82. The second kappa shape index (κ2) is 6.20. The number of anilines is 1. The van der Waals surface area contributed by atoms with Gasteiger partial charge >= 0.3 is 0 Å². The van der Waals surface area contributed by atoms with Crippen molar-refractivity contribution in [1.29, 1.82) is 0 Å². The molecule has 1 aliphatic rings. The highest BCUT2D eigenvalue weighted by atomic mass is 32.1. The number of fused-ring (bicyclic) bond motifs is 1. The van der Waals surface area contributed by atoms with Gasteiger partial charge in [-0.2, -0.15) is 0 Å². The molecule has 0 saturated heterocycles. The average molecular weight is 343 g/mol. The van der Waals surface area contributed by atoms with Crippen molar-refractivity contribution in [1.82, 2.24) is 9.97 Å². The van der Waals surface area contributed by atoms with E-state index in [1.807, 2.05) is 6.92 Å². The number of thiazole rings is 1. The van der Waals surface area contributed by atoms with Crippen molar-refractivity contribution >= 4 is 27.4 Å². The zero-order valence-corrected chi connectivity index (χ0v) is 14.8. The maximum atomic E-state index is 13.6. The van der Waals surface area contributed by atoms with Crippen LogP contribution in [0.5, 0.6) is 0 Å². The third-order valence-corrected chi connectivity index (χ3v) is 5.75. The Bertz CT molecular complexity index is 867. The molecule has 2 aromatic heterocycles. The lowest BCUT2D eigenvalue weighted by atomic mass is 9.87. The molecule has 0 spiro atoms. The van der Waals surface area contributed by atoms with Gasteiger partial charge in [-0.3, -0.25) is 0 Å². The number of hydrogen-bond donors (Lipinski definition) is 2. The highest BCUT2D eigenvalue weighted by molar-refractivity contribution is 7.14. The van der Waals surface area contributed by atoms with E-state index in [1.165, 1.54) is 31.7 Å². The molecule has 1 saturated carbocycles. The number of nitrogens with one attached hydrogen (secondary N) is 2. The minimum atomic E-state index is -0.215. The summed E-state index contributed by atoms with van der Waals surface area (Å²) in [5.74, 6) is 0.571.